The highest BCUT2D eigenvalue weighted by atomic mass is 19.4. The third-order valence-electron chi connectivity index (χ3n) is 8.57. The van der Waals surface area contributed by atoms with Gasteiger partial charge < -0.3 is 19.5 Å². The van der Waals surface area contributed by atoms with Gasteiger partial charge >= 0.3 is 18.3 Å². The molecule has 0 saturated heterocycles. The van der Waals surface area contributed by atoms with Gasteiger partial charge in [0, 0.05) is 42.0 Å². The summed E-state index contributed by atoms with van der Waals surface area (Å²) in [6, 6.07) is 3.04. The van der Waals surface area contributed by atoms with Crippen LogP contribution < -0.4 is 10.9 Å². The smallest absolute Gasteiger partial charge is 0.419 e. The number of halogens is 8. The Labute approximate surface area is 292 Å². The minimum absolute atomic E-state index is 0.0115. The van der Waals surface area contributed by atoms with Crippen molar-refractivity contribution in [1.29, 1.82) is 0 Å². The highest BCUT2D eigenvalue weighted by Crippen LogP contribution is 2.42. The first-order valence-electron chi connectivity index (χ1n) is 16.7. The average Bonchev–Trinajstić information content (AvgIpc) is 2.99. The Morgan fingerprint density at radius 2 is 1.57 bits per heavy atom. The number of nitrogens with zero attached hydrogens (tertiary/aromatic N) is 2. The van der Waals surface area contributed by atoms with Gasteiger partial charge in [-0.05, 0) is 94.9 Å². The lowest BCUT2D eigenvalue weighted by atomic mass is 9.89. The van der Waals surface area contributed by atoms with E-state index < -0.39 is 76.3 Å². The van der Waals surface area contributed by atoms with E-state index in [2.05, 4.69) is 5.32 Å². The zero-order valence-electron chi connectivity index (χ0n) is 29.8. The number of aryl methyl sites for hydroxylation is 3. The quantitative estimate of drug-likeness (QED) is 0.125. The number of ether oxygens (including phenoxy) is 1. The monoisotopic (exact) mass is 731 g/mol. The van der Waals surface area contributed by atoms with Crippen LogP contribution in [0, 0.1) is 31.4 Å². The highest BCUT2D eigenvalue weighted by molar-refractivity contribution is 5.74. The molecule has 0 spiro atoms. The van der Waals surface area contributed by atoms with Gasteiger partial charge in [-0.3, -0.25) is 9.59 Å². The Balaban J connectivity index is 2.23. The van der Waals surface area contributed by atoms with Gasteiger partial charge in [-0.25, -0.2) is 8.78 Å². The maximum absolute atomic E-state index is 16.6. The molecule has 3 rings (SSSR count). The fourth-order valence-electron chi connectivity index (χ4n) is 6.30. The third-order valence-corrected chi connectivity index (χ3v) is 8.57. The fraction of sp³-hybridized carbons (Fsp3) is 0.514. The summed E-state index contributed by atoms with van der Waals surface area (Å²) in [5.74, 6) is -4.36. The second-order valence-electron chi connectivity index (χ2n) is 13.4. The van der Waals surface area contributed by atoms with E-state index in [0.29, 0.717) is 36.2 Å². The van der Waals surface area contributed by atoms with Crippen LogP contribution in [0.15, 0.2) is 41.3 Å². The van der Waals surface area contributed by atoms with Crippen LogP contribution >= 0.6 is 0 Å². The second kappa shape index (κ2) is 17.2. The van der Waals surface area contributed by atoms with Gasteiger partial charge in [0.05, 0.1) is 24.2 Å². The molecule has 1 aromatic heterocycles. The topological polar surface area (TPSA) is 63.6 Å². The number of esters is 1. The Morgan fingerprint density at radius 3 is 2.10 bits per heavy atom. The van der Waals surface area contributed by atoms with E-state index in [1.807, 2.05) is 0 Å². The van der Waals surface area contributed by atoms with Crippen LogP contribution in [0.5, 0.6) is 0 Å². The number of carbonyl (C=O) groups is 1. The molecule has 0 amide bonds. The SMILES string of the molecule is CCOC(=O)C[C@H](NC[C@H](CC(C)C)n1cc(CCCN(C)C)c(C(F)(F)F)cc1=O)c1c(F)c(-c2c(C)cccc2C)cc(C(F)(F)F)c1F. The molecule has 6 nitrogen and oxygen atoms in total. The van der Waals surface area contributed by atoms with Crippen molar-refractivity contribution in [2.24, 2.45) is 5.92 Å². The van der Waals surface area contributed by atoms with Crippen molar-refractivity contribution in [2.45, 2.75) is 84.7 Å². The number of rotatable bonds is 15. The lowest BCUT2D eigenvalue weighted by Crippen LogP contribution is -2.37. The predicted octanol–water partition coefficient (Wildman–Crippen LogP) is 8.81. The fourth-order valence-corrected chi connectivity index (χ4v) is 6.30. The summed E-state index contributed by atoms with van der Waals surface area (Å²) in [5, 5.41) is 2.81. The molecule has 0 aliphatic heterocycles. The number of hydrogen-bond acceptors (Lipinski definition) is 5. The van der Waals surface area contributed by atoms with Crippen LogP contribution in [-0.2, 0) is 28.3 Å². The van der Waals surface area contributed by atoms with E-state index in [-0.39, 0.29) is 43.0 Å². The minimum Gasteiger partial charge on any atom is -0.466 e. The van der Waals surface area contributed by atoms with Gasteiger partial charge in [-0.2, -0.15) is 26.3 Å². The Morgan fingerprint density at radius 1 is 0.961 bits per heavy atom. The summed E-state index contributed by atoms with van der Waals surface area (Å²) in [5.41, 5.74) is -4.54. The number of hydrogen-bond donors (Lipinski definition) is 1. The van der Waals surface area contributed by atoms with Crippen molar-refractivity contribution in [3.8, 4) is 11.1 Å². The molecule has 2 atom stereocenters. The van der Waals surface area contributed by atoms with Crippen LogP contribution in [0.2, 0.25) is 0 Å². The summed E-state index contributed by atoms with van der Waals surface area (Å²) in [4.78, 5) is 27.8. The average molecular weight is 732 g/mol. The first-order valence-corrected chi connectivity index (χ1v) is 16.7. The lowest BCUT2D eigenvalue weighted by molar-refractivity contribution is -0.143. The zero-order valence-corrected chi connectivity index (χ0v) is 29.8. The predicted molar refractivity (Wildman–Crippen MR) is 179 cm³/mol. The minimum atomic E-state index is -5.25. The highest BCUT2D eigenvalue weighted by Gasteiger charge is 2.40. The summed E-state index contributed by atoms with van der Waals surface area (Å²) >= 11 is 0. The van der Waals surface area contributed by atoms with Gasteiger partial charge in [0.15, 0.2) is 0 Å². The Bertz CT molecular complexity index is 1710. The van der Waals surface area contributed by atoms with Gasteiger partial charge in [0.1, 0.15) is 11.6 Å². The largest absolute Gasteiger partial charge is 0.466 e. The number of alkyl halides is 6. The van der Waals surface area contributed by atoms with E-state index in [9.17, 15) is 35.9 Å². The Kier molecular flexibility index (Phi) is 14.0. The van der Waals surface area contributed by atoms with E-state index in [0.717, 1.165) is 10.8 Å². The molecule has 0 saturated carbocycles. The molecule has 14 heteroatoms. The number of aromatic nitrogens is 1. The molecular weight excluding hydrogens is 686 g/mol. The van der Waals surface area contributed by atoms with Crippen molar-refractivity contribution >= 4 is 5.97 Å². The molecule has 51 heavy (non-hydrogen) atoms. The molecule has 3 aromatic rings. The van der Waals surface area contributed by atoms with Crippen LogP contribution in [0.1, 0.15) is 85.5 Å². The van der Waals surface area contributed by atoms with Gasteiger partial charge in [-0.1, -0.05) is 32.0 Å². The van der Waals surface area contributed by atoms with Crippen molar-refractivity contribution in [1.82, 2.24) is 14.8 Å². The van der Waals surface area contributed by atoms with Crippen molar-refractivity contribution in [3.63, 3.8) is 0 Å². The molecular formula is C37H45F8N3O3. The van der Waals surface area contributed by atoms with Crippen LogP contribution in [-0.4, -0.2) is 49.2 Å². The van der Waals surface area contributed by atoms with Gasteiger partial charge in [-0.15, -0.1) is 0 Å². The summed E-state index contributed by atoms with van der Waals surface area (Å²) < 4.78 is 124. The number of pyridine rings is 1. The standard InChI is InChI=1S/C37H45F8N3O3/c1-8-51-31(50)18-29(33-34(38)26(16-28(35(33)39)37(43,44)45)32-22(4)11-9-12-23(32)5)46-19-25(15-21(2)3)48-20-24(13-10-14-47(6)7)27(17-30(48)49)36(40,41)42/h9,11-12,16-17,20-21,25,29,46H,8,10,13-15,18-19H2,1-7H3/t25-,29-/m0/s1. The molecule has 0 bridgehead atoms. The van der Waals surface area contributed by atoms with Crippen LogP contribution in [0.4, 0.5) is 35.1 Å². The van der Waals surface area contributed by atoms with Gasteiger partial charge in [0.25, 0.3) is 5.56 Å². The molecule has 0 aliphatic rings. The normalized spacial score (nSPS) is 13.6. The van der Waals surface area contributed by atoms with E-state index in [1.165, 1.54) is 6.92 Å². The van der Waals surface area contributed by atoms with Crippen LogP contribution in [0.25, 0.3) is 11.1 Å². The Hall–Kier alpha value is -3.78. The van der Waals surface area contributed by atoms with E-state index in [1.54, 1.807) is 64.9 Å². The molecule has 0 radical (unpaired) electrons. The molecule has 0 unspecified atom stereocenters. The number of nitrogens with one attached hydrogen (secondary N) is 1. The molecule has 2 aromatic carbocycles. The maximum Gasteiger partial charge on any atom is 0.419 e. The van der Waals surface area contributed by atoms with Gasteiger partial charge in [0.2, 0.25) is 0 Å². The zero-order chi connectivity index (χ0) is 38.4. The van der Waals surface area contributed by atoms with Crippen molar-refractivity contribution < 1.29 is 44.7 Å². The molecule has 1 N–H and O–H groups in total. The van der Waals surface area contributed by atoms with Crippen molar-refractivity contribution in [3.05, 3.63) is 91.9 Å². The first kappa shape index (κ1) is 41.6. The van der Waals surface area contributed by atoms with E-state index >= 15 is 8.78 Å². The number of benzene rings is 2. The molecule has 0 fully saturated rings. The maximum atomic E-state index is 16.6. The van der Waals surface area contributed by atoms with Crippen LogP contribution in [0.3, 0.4) is 0 Å². The summed E-state index contributed by atoms with van der Waals surface area (Å²) in [7, 11) is 3.54. The third kappa shape index (κ3) is 10.6. The van der Waals surface area contributed by atoms with E-state index in [4.69, 9.17) is 4.74 Å². The first-order chi connectivity index (χ1) is 23.7. The summed E-state index contributed by atoms with van der Waals surface area (Å²) in [6.07, 6.45) is -9.20. The molecule has 0 aliphatic carbocycles. The second-order valence-corrected chi connectivity index (χ2v) is 13.4. The van der Waals surface area contributed by atoms with Crippen molar-refractivity contribution in [2.75, 3.05) is 33.8 Å². The molecule has 1 heterocycles. The number of carbonyl (C=O) groups excluding carboxylic acids is 1. The summed E-state index contributed by atoms with van der Waals surface area (Å²) in [6.45, 7) is 8.20. The molecule has 282 valence electrons. The lowest BCUT2D eigenvalue weighted by Gasteiger charge is -2.28.